The van der Waals surface area contributed by atoms with Crippen LogP contribution in [0.1, 0.15) is 25.3 Å². The first-order valence-electron chi connectivity index (χ1n) is 8.41. The minimum Gasteiger partial charge on any atom is -0.497 e. The molecule has 0 spiro atoms. The summed E-state index contributed by atoms with van der Waals surface area (Å²) in [5.74, 6) is 0.816. The Kier molecular flexibility index (Phi) is 9.45. The third-order valence-corrected chi connectivity index (χ3v) is 4.09. The number of hydrogen-bond donors (Lipinski definition) is 2. The van der Waals surface area contributed by atoms with E-state index < -0.39 is 17.8 Å². The second-order valence-electron chi connectivity index (χ2n) is 6.11. The molecule has 1 rings (SSSR count). The lowest BCUT2D eigenvalue weighted by Crippen LogP contribution is -2.42. The zero-order valence-electron chi connectivity index (χ0n) is 15.2. The van der Waals surface area contributed by atoms with Gasteiger partial charge >= 0.3 is 0 Å². The van der Waals surface area contributed by atoms with Gasteiger partial charge in [-0.2, -0.15) is 0 Å². The van der Waals surface area contributed by atoms with Crippen molar-refractivity contribution in [2.75, 3.05) is 20.3 Å². The molecule has 0 aliphatic rings. The van der Waals surface area contributed by atoms with Crippen LogP contribution in [0.3, 0.4) is 0 Å². The average Bonchev–Trinajstić information content (AvgIpc) is 2.65. The van der Waals surface area contributed by atoms with E-state index in [-0.39, 0.29) is 6.61 Å². The highest BCUT2D eigenvalue weighted by Gasteiger charge is 2.32. The van der Waals surface area contributed by atoms with Crippen LogP contribution in [0, 0.1) is 0 Å². The van der Waals surface area contributed by atoms with Crippen molar-refractivity contribution in [1.82, 2.24) is 0 Å². The van der Waals surface area contributed by atoms with Crippen LogP contribution in [0.25, 0.3) is 0 Å². The predicted octanol–water partition coefficient (Wildman–Crippen LogP) is 2.86. The summed E-state index contributed by atoms with van der Waals surface area (Å²) in [6, 6.07) is 7.72. The Morgan fingerprint density at radius 1 is 1.16 bits per heavy atom. The summed E-state index contributed by atoms with van der Waals surface area (Å²) < 4.78 is 16.5. The molecule has 0 aliphatic heterocycles. The second kappa shape index (κ2) is 11.1. The molecule has 140 valence electrons. The number of aliphatic hydroxyl groups excluding tert-OH is 2. The van der Waals surface area contributed by atoms with Crippen LogP contribution in [0.15, 0.2) is 49.6 Å². The monoisotopic (exact) mass is 350 g/mol. The van der Waals surface area contributed by atoms with Crippen molar-refractivity contribution in [3.63, 3.8) is 0 Å². The molecule has 1 unspecified atom stereocenters. The van der Waals surface area contributed by atoms with Crippen molar-refractivity contribution in [2.45, 2.75) is 44.2 Å². The van der Waals surface area contributed by atoms with Gasteiger partial charge in [-0.15, -0.1) is 13.2 Å². The first-order valence-corrected chi connectivity index (χ1v) is 8.41. The van der Waals surface area contributed by atoms with E-state index in [9.17, 15) is 10.2 Å². The highest BCUT2D eigenvalue weighted by Crippen LogP contribution is 2.24. The predicted molar refractivity (Wildman–Crippen MR) is 98.6 cm³/mol. The van der Waals surface area contributed by atoms with E-state index in [2.05, 4.69) is 13.2 Å². The summed E-state index contributed by atoms with van der Waals surface area (Å²) in [6.45, 7) is 10.1. The Morgan fingerprint density at radius 2 is 1.84 bits per heavy atom. The minimum atomic E-state index is -0.828. The Balaban J connectivity index is 2.39. The van der Waals surface area contributed by atoms with Gasteiger partial charge in [0.15, 0.2) is 0 Å². The van der Waals surface area contributed by atoms with Crippen LogP contribution in [-0.2, 0) is 16.1 Å². The van der Waals surface area contributed by atoms with E-state index in [1.165, 1.54) is 12.2 Å². The molecule has 3 atom stereocenters. The van der Waals surface area contributed by atoms with Gasteiger partial charge in [-0.3, -0.25) is 0 Å². The second-order valence-corrected chi connectivity index (χ2v) is 6.11. The summed E-state index contributed by atoms with van der Waals surface area (Å²) in [7, 11) is 1.64. The van der Waals surface area contributed by atoms with Gasteiger partial charge in [-0.05, 0) is 37.5 Å². The molecular formula is C20H30O5. The zero-order chi connectivity index (χ0) is 18.7. The zero-order valence-corrected chi connectivity index (χ0v) is 15.2. The summed E-state index contributed by atoms with van der Waals surface area (Å²) >= 11 is 0. The van der Waals surface area contributed by atoms with Crippen LogP contribution < -0.4 is 4.74 Å². The van der Waals surface area contributed by atoms with Crippen LogP contribution >= 0.6 is 0 Å². The Labute approximate surface area is 150 Å². The van der Waals surface area contributed by atoms with Crippen molar-refractivity contribution in [3.05, 3.63) is 55.1 Å². The lowest BCUT2D eigenvalue weighted by molar-refractivity contribution is -0.118. The highest BCUT2D eigenvalue weighted by atomic mass is 16.5. The molecule has 0 amide bonds. The van der Waals surface area contributed by atoms with Gasteiger partial charge in [0, 0.05) is 6.61 Å². The largest absolute Gasteiger partial charge is 0.497 e. The summed E-state index contributed by atoms with van der Waals surface area (Å²) in [5.41, 5.74) is 0.245. The van der Waals surface area contributed by atoms with Crippen molar-refractivity contribution < 1.29 is 24.4 Å². The van der Waals surface area contributed by atoms with E-state index >= 15 is 0 Å². The molecule has 5 heteroatoms. The molecule has 0 heterocycles. The Hall–Kier alpha value is -1.66. The number of benzene rings is 1. The third kappa shape index (κ3) is 7.40. The summed E-state index contributed by atoms with van der Waals surface area (Å²) in [6.07, 6.45) is 2.54. The molecule has 0 saturated carbocycles. The average molecular weight is 350 g/mol. The number of rotatable bonds is 13. The molecule has 2 N–H and O–H groups in total. The van der Waals surface area contributed by atoms with Crippen molar-refractivity contribution >= 4 is 0 Å². The summed E-state index contributed by atoms with van der Waals surface area (Å²) in [4.78, 5) is 0. The van der Waals surface area contributed by atoms with Gasteiger partial charge in [0.25, 0.3) is 0 Å². The molecule has 0 saturated heterocycles. The minimum absolute atomic E-state index is 0.0810. The molecule has 0 bridgehead atoms. The molecule has 0 aliphatic carbocycles. The number of aliphatic hydroxyl groups is 2. The van der Waals surface area contributed by atoms with Crippen molar-refractivity contribution in [2.24, 2.45) is 0 Å². The van der Waals surface area contributed by atoms with E-state index in [1.54, 1.807) is 14.0 Å². The van der Waals surface area contributed by atoms with Gasteiger partial charge in [0.1, 0.15) is 11.9 Å². The number of ether oxygens (including phenoxy) is 3. The van der Waals surface area contributed by atoms with Gasteiger partial charge in [0.05, 0.1) is 32.0 Å². The van der Waals surface area contributed by atoms with E-state index in [4.69, 9.17) is 14.2 Å². The highest BCUT2D eigenvalue weighted by molar-refractivity contribution is 5.26. The molecule has 1 aromatic carbocycles. The molecular weight excluding hydrogens is 320 g/mol. The molecule has 0 radical (unpaired) electrons. The van der Waals surface area contributed by atoms with Crippen LogP contribution in [0.2, 0.25) is 0 Å². The lowest BCUT2D eigenvalue weighted by Gasteiger charge is -2.33. The standard InChI is InChI=1S/C20H30O5/c1-5-17(21)15-25-20(3,19(22)6-2)12-7-13-24-14-16-8-10-18(23-4)11-9-16/h5-6,8-11,17,19,21-22H,1-2,7,12-15H2,3-4H3/t17?,19-,20+/m1/s1. The number of hydrogen-bond acceptors (Lipinski definition) is 5. The van der Waals surface area contributed by atoms with Crippen molar-refractivity contribution in [3.8, 4) is 5.75 Å². The van der Waals surface area contributed by atoms with E-state index in [0.29, 0.717) is 26.1 Å². The maximum absolute atomic E-state index is 10.1. The van der Waals surface area contributed by atoms with Gasteiger partial charge in [0.2, 0.25) is 0 Å². The molecule has 1 aromatic rings. The lowest BCUT2D eigenvalue weighted by atomic mass is 9.93. The fourth-order valence-corrected chi connectivity index (χ4v) is 2.34. The first kappa shape index (κ1) is 21.4. The molecule has 5 nitrogen and oxygen atoms in total. The first-order chi connectivity index (χ1) is 11.9. The van der Waals surface area contributed by atoms with Crippen molar-refractivity contribution in [1.29, 1.82) is 0 Å². The Morgan fingerprint density at radius 3 is 2.40 bits per heavy atom. The van der Waals surface area contributed by atoms with E-state index in [0.717, 1.165) is 11.3 Å². The van der Waals surface area contributed by atoms with Gasteiger partial charge in [-0.25, -0.2) is 0 Å². The van der Waals surface area contributed by atoms with Crippen LogP contribution in [0.5, 0.6) is 5.75 Å². The molecule has 25 heavy (non-hydrogen) atoms. The normalized spacial score (nSPS) is 15.8. The van der Waals surface area contributed by atoms with Gasteiger partial charge < -0.3 is 24.4 Å². The Bertz CT molecular complexity index is 513. The maximum Gasteiger partial charge on any atom is 0.118 e. The maximum atomic E-state index is 10.1. The van der Waals surface area contributed by atoms with Gasteiger partial charge in [-0.1, -0.05) is 24.3 Å². The quantitative estimate of drug-likeness (QED) is 0.423. The van der Waals surface area contributed by atoms with E-state index in [1.807, 2.05) is 24.3 Å². The molecule has 0 aromatic heterocycles. The SMILES string of the molecule is C=CC(O)CO[C@@](C)(CCCOCc1ccc(OC)cc1)[C@H](O)C=C. The number of methoxy groups -OCH3 is 1. The van der Waals surface area contributed by atoms with Crippen LogP contribution in [-0.4, -0.2) is 48.3 Å². The van der Waals surface area contributed by atoms with Crippen LogP contribution in [0.4, 0.5) is 0 Å². The fraction of sp³-hybridized carbons (Fsp3) is 0.500. The third-order valence-electron chi connectivity index (χ3n) is 4.09. The summed E-state index contributed by atoms with van der Waals surface area (Å²) in [5, 5.41) is 19.7. The topological polar surface area (TPSA) is 68.2 Å². The molecule has 0 fully saturated rings. The fourth-order valence-electron chi connectivity index (χ4n) is 2.34. The smallest absolute Gasteiger partial charge is 0.118 e.